The molecular formula is C21H24FN3O2S. The van der Waals surface area contributed by atoms with E-state index in [0.29, 0.717) is 25.3 Å². The zero-order chi connectivity index (χ0) is 19.6. The maximum absolute atomic E-state index is 13.1. The monoisotopic (exact) mass is 401 g/mol. The molecule has 1 aromatic heterocycles. The van der Waals surface area contributed by atoms with E-state index in [1.807, 2.05) is 0 Å². The second-order valence-corrected chi connectivity index (χ2v) is 8.52. The van der Waals surface area contributed by atoms with E-state index in [4.69, 9.17) is 0 Å². The first-order chi connectivity index (χ1) is 13.6. The van der Waals surface area contributed by atoms with Gasteiger partial charge in [-0.25, -0.2) is 9.18 Å². The van der Waals surface area contributed by atoms with Gasteiger partial charge in [0, 0.05) is 35.6 Å². The number of halogens is 1. The molecule has 1 aliphatic carbocycles. The lowest BCUT2D eigenvalue weighted by Crippen LogP contribution is -2.44. The molecule has 1 aromatic carbocycles. The molecule has 1 saturated heterocycles. The fraction of sp³-hybridized carbons (Fsp3) is 0.429. The Hall–Kier alpha value is -2.41. The van der Waals surface area contributed by atoms with E-state index in [9.17, 15) is 14.0 Å². The topological polar surface area (TPSA) is 52.7 Å². The average molecular weight is 402 g/mol. The highest BCUT2D eigenvalue weighted by atomic mass is 32.1. The van der Waals surface area contributed by atoms with Gasteiger partial charge in [0.15, 0.2) is 0 Å². The number of hydrogen-bond donors (Lipinski definition) is 1. The molecule has 2 fully saturated rings. The fourth-order valence-electron chi connectivity index (χ4n) is 4.23. The Morgan fingerprint density at radius 1 is 1.14 bits per heavy atom. The molecule has 2 aromatic rings. The summed E-state index contributed by atoms with van der Waals surface area (Å²) in [5.74, 6) is -0.463. The number of amides is 3. The van der Waals surface area contributed by atoms with E-state index in [-0.39, 0.29) is 29.7 Å². The number of rotatable bonds is 6. The van der Waals surface area contributed by atoms with Crippen LogP contribution >= 0.6 is 11.3 Å². The number of carbonyl (C=O) groups excluding carboxylic acids is 2. The lowest BCUT2D eigenvalue weighted by Gasteiger charge is -2.28. The molecule has 1 N–H and O–H groups in total. The Labute approximate surface area is 168 Å². The highest BCUT2D eigenvalue weighted by Crippen LogP contribution is 2.42. The normalized spacial score (nSPS) is 18.7. The molecule has 2 aliphatic rings. The molecule has 2 heterocycles. The zero-order valence-corrected chi connectivity index (χ0v) is 16.5. The minimum atomic E-state index is -0.335. The predicted molar refractivity (Wildman–Crippen MR) is 108 cm³/mol. The molecule has 0 spiro atoms. The number of hydrogen-bond acceptors (Lipinski definition) is 3. The highest BCUT2D eigenvalue weighted by molar-refractivity contribution is 7.10. The number of carbonyl (C=O) groups is 2. The highest BCUT2D eigenvalue weighted by Gasteiger charge is 2.37. The fourth-order valence-corrected chi connectivity index (χ4v) is 5.22. The molecule has 0 unspecified atom stereocenters. The molecule has 1 aliphatic heterocycles. The van der Waals surface area contributed by atoms with E-state index < -0.39 is 0 Å². The van der Waals surface area contributed by atoms with Crippen LogP contribution in [0.25, 0.3) is 0 Å². The third kappa shape index (κ3) is 3.76. The van der Waals surface area contributed by atoms with Gasteiger partial charge in [-0.15, -0.1) is 11.3 Å². The van der Waals surface area contributed by atoms with E-state index in [1.54, 1.807) is 33.3 Å². The summed E-state index contributed by atoms with van der Waals surface area (Å²) >= 11 is 1.75. The molecule has 0 radical (unpaired) electrons. The SMILES string of the molecule is O=C(CN1CCN(c2ccc(F)cc2)C1=O)NCC1(c2cccs2)CCCC1. The van der Waals surface area contributed by atoms with Crippen LogP contribution in [0, 0.1) is 5.82 Å². The van der Waals surface area contributed by atoms with Gasteiger partial charge in [0.25, 0.3) is 0 Å². The number of anilines is 1. The minimum absolute atomic E-state index is 0.0407. The summed E-state index contributed by atoms with van der Waals surface area (Å²) in [6.07, 6.45) is 4.56. The summed E-state index contributed by atoms with van der Waals surface area (Å²) < 4.78 is 13.1. The summed E-state index contributed by atoms with van der Waals surface area (Å²) in [5, 5.41) is 5.16. The summed E-state index contributed by atoms with van der Waals surface area (Å²) in [7, 11) is 0. The Morgan fingerprint density at radius 2 is 1.89 bits per heavy atom. The molecule has 148 valence electrons. The predicted octanol–water partition coefficient (Wildman–Crippen LogP) is 3.76. The molecule has 7 heteroatoms. The maximum Gasteiger partial charge on any atom is 0.325 e. The smallest absolute Gasteiger partial charge is 0.325 e. The van der Waals surface area contributed by atoms with Crippen molar-refractivity contribution in [1.29, 1.82) is 0 Å². The molecule has 3 amide bonds. The van der Waals surface area contributed by atoms with Crippen LogP contribution in [-0.4, -0.2) is 43.0 Å². The number of thiophene rings is 1. The average Bonchev–Trinajstić information content (AvgIpc) is 3.44. The maximum atomic E-state index is 13.1. The molecule has 4 rings (SSSR count). The summed E-state index contributed by atoms with van der Waals surface area (Å²) in [5.41, 5.74) is 0.691. The Bertz CT molecular complexity index is 832. The van der Waals surface area contributed by atoms with Gasteiger partial charge in [-0.3, -0.25) is 9.69 Å². The molecular weight excluding hydrogens is 377 g/mol. The molecule has 0 bridgehead atoms. The van der Waals surface area contributed by atoms with Crippen molar-refractivity contribution in [1.82, 2.24) is 10.2 Å². The van der Waals surface area contributed by atoms with Crippen LogP contribution < -0.4 is 10.2 Å². The molecule has 28 heavy (non-hydrogen) atoms. The number of urea groups is 1. The molecule has 5 nitrogen and oxygen atoms in total. The minimum Gasteiger partial charge on any atom is -0.354 e. The Balaban J connectivity index is 1.34. The number of benzene rings is 1. The van der Waals surface area contributed by atoms with Crippen molar-refractivity contribution in [3.8, 4) is 0 Å². The van der Waals surface area contributed by atoms with E-state index in [1.165, 1.54) is 29.9 Å². The third-order valence-electron chi connectivity index (χ3n) is 5.80. The third-order valence-corrected chi connectivity index (χ3v) is 6.91. The number of nitrogens with zero attached hydrogens (tertiary/aromatic N) is 2. The quantitative estimate of drug-likeness (QED) is 0.801. The van der Waals surface area contributed by atoms with E-state index >= 15 is 0 Å². The van der Waals surface area contributed by atoms with Gasteiger partial charge in [0.2, 0.25) is 5.91 Å². The lowest BCUT2D eigenvalue weighted by atomic mass is 9.84. The first-order valence-corrected chi connectivity index (χ1v) is 10.6. The summed E-state index contributed by atoms with van der Waals surface area (Å²) in [6.45, 7) is 1.66. The van der Waals surface area contributed by atoms with Crippen LogP contribution in [0.1, 0.15) is 30.6 Å². The van der Waals surface area contributed by atoms with Crippen LogP contribution in [-0.2, 0) is 10.2 Å². The molecule has 1 saturated carbocycles. The second kappa shape index (κ2) is 7.91. The standard InChI is InChI=1S/C21H24FN3O2S/c22-16-5-7-17(8-6-16)25-12-11-24(20(25)27)14-19(26)23-15-21(9-1-2-10-21)18-4-3-13-28-18/h3-8,13H,1-2,9-12,14-15H2,(H,23,26). The number of nitrogens with one attached hydrogen (secondary N) is 1. The van der Waals surface area contributed by atoms with Crippen molar-refractivity contribution in [3.05, 3.63) is 52.5 Å². The summed E-state index contributed by atoms with van der Waals surface area (Å²) in [6, 6.07) is 9.86. The van der Waals surface area contributed by atoms with Gasteiger partial charge in [0.05, 0.1) is 0 Å². The van der Waals surface area contributed by atoms with Gasteiger partial charge in [-0.2, -0.15) is 0 Å². The van der Waals surface area contributed by atoms with Crippen LogP contribution in [0.4, 0.5) is 14.9 Å². The van der Waals surface area contributed by atoms with Crippen LogP contribution in [0.3, 0.4) is 0 Å². The Morgan fingerprint density at radius 3 is 2.57 bits per heavy atom. The van der Waals surface area contributed by atoms with Crippen molar-refractivity contribution >= 4 is 29.0 Å². The van der Waals surface area contributed by atoms with Gasteiger partial charge in [-0.05, 0) is 48.6 Å². The second-order valence-electron chi connectivity index (χ2n) is 7.57. The van der Waals surface area contributed by atoms with Crippen molar-refractivity contribution in [2.24, 2.45) is 0 Å². The van der Waals surface area contributed by atoms with Gasteiger partial charge >= 0.3 is 6.03 Å². The van der Waals surface area contributed by atoms with Crippen molar-refractivity contribution in [2.75, 3.05) is 31.1 Å². The largest absolute Gasteiger partial charge is 0.354 e. The van der Waals surface area contributed by atoms with Crippen molar-refractivity contribution in [3.63, 3.8) is 0 Å². The van der Waals surface area contributed by atoms with Crippen LogP contribution in [0.5, 0.6) is 0 Å². The van der Waals surface area contributed by atoms with Crippen molar-refractivity contribution in [2.45, 2.75) is 31.1 Å². The first-order valence-electron chi connectivity index (χ1n) is 9.70. The lowest BCUT2D eigenvalue weighted by molar-refractivity contribution is -0.121. The zero-order valence-electron chi connectivity index (χ0n) is 15.7. The Kier molecular flexibility index (Phi) is 5.35. The van der Waals surface area contributed by atoms with Gasteiger partial charge in [0.1, 0.15) is 12.4 Å². The van der Waals surface area contributed by atoms with Gasteiger partial charge in [-0.1, -0.05) is 18.9 Å². The van der Waals surface area contributed by atoms with Crippen molar-refractivity contribution < 1.29 is 14.0 Å². The van der Waals surface area contributed by atoms with E-state index in [2.05, 4.69) is 22.8 Å². The molecule has 0 atom stereocenters. The van der Waals surface area contributed by atoms with E-state index in [0.717, 1.165) is 12.8 Å². The van der Waals surface area contributed by atoms with Crippen LogP contribution in [0.15, 0.2) is 41.8 Å². The first kappa shape index (κ1) is 18.9. The summed E-state index contributed by atoms with van der Waals surface area (Å²) in [4.78, 5) is 29.6. The van der Waals surface area contributed by atoms with Crippen LogP contribution in [0.2, 0.25) is 0 Å². The van der Waals surface area contributed by atoms with Gasteiger partial charge < -0.3 is 10.2 Å².